The van der Waals surface area contributed by atoms with E-state index in [0.717, 1.165) is 66.6 Å². The first-order chi connectivity index (χ1) is 27.2. The number of aromatic nitrogens is 4. The van der Waals surface area contributed by atoms with Gasteiger partial charge in [-0.1, -0.05) is 140 Å². The van der Waals surface area contributed by atoms with Crippen LogP contribution in [0.5, 0.6) is 0 Å². The van der Waals surface area contributed by atoms with E-state index in [1.165, 1.54) is 32.6 Å². The van der Waals surface area contributed by atoms with E-state index in [9.17, 15) is 0 Å². The van der Waals surface area contributed by atoms with Gasteiger partial charge in [0.05, 0.1) is 27.9 Å². The lowest BCUT2D eigenvalue weighted by Crippen LogP contribution is -1.98. The summed E-state index contributed by atoms with van der Waals surface area (Å²) < 4.78 is 2.35. The normalized spacial score (nSPS) is 11.6. The number of hydrogen-bond donors (Lipinski definition) is 0. The standard InChI is InChI=1S/C51H32N4/c1-4-14-41-36(11-1)29-37-12-2-5-15-42(37)50(41)47-31-46(34-25-27-40(28-26-34)55-48-19-9-6-16-43(48)44-17-7-10-20-49(44)55)53-51(54-47)35-23-21-33(22-24-35)39-30-38-13-3-8-18-45(38)52-32-39/h1-32H. The molecule has 55 heavy (non-hydrogen) atoms. The molecule has 0 aliphatic rings. The maximum Gasteiger partial charge on any atom is 0.160 e. The molecular formula is C51H32N4. The van der Waals surface area contributed by atoms with Crippen LogP contribution in [0.4, 0.5) is 0 Å². The van der Waals surface area contributed by atoms with Crippen molar-refractivity contribution in [2.24, 2.45) is 0 Å². The van der Waals surface area contributed by atoms with Crippen molar-refractivity contribution in [3.63, 3.8) is 0 Å². The van der Waals surface area contributed by atoms with Crippen LogP contribution in [0.25, 0.3) is 105 Å². The smallest absolute Gasteiger partial charge is 0.160 e. The van der Waals surface area contributed by atoms with E-state index in [-0.39, 0.29) is 0 Å². The number of pyridine rings is 1. The Balaban J connectivity index is 1.08. The molecule has 0 bridgehead atoms. The average Bonchev–Trinajstić information content (AvgIpc) is 3.59. The average molecular weight is 701 g/mol. The highest BCUT2D eigenvalue weighted by Gasteiger charge is 2.17. The molecule has 0 radical (unpaired) electrons. The highest BCUT2D eigenvalue weighted by molar-refractivity contribution is 6.12. The van der Waals surface area contributed by atoms with Crippen molar-refractivity contribution in [3.05, 3.63) is 194 Å². The van der Waals surface area contributed by atoms with E-state index >= 15 is 0 Å². The third-order valence-corrected chi connectivity index (χ3v) is 10.8. The largest absolute Gasteiger partial charge is 0.309 e. The molecule has 0 aliphatic carbocycles. The van der Waals surface area contributed by atoms with E-state index < -0.39 is 0 Å². The second-order valence-corrected chi connectivity index (χ2v) is 14.1. The minimum Gasteiger partial charge on any atom is -0.309 e. The monoisotopic (exact) mass is 700 g/mol. The third kappa shape index (κ3) is 5.26. The van der Waals surface area contributed by atoms with Gasteiger partial charge in [-0.05, 0) is 75.6 Å². The van der Waals surface area contributed by atoms with Crippen LogP contribution < -0.4 is 0 Å². The first-order valence-corrected chi connectivity index (χ1v) is 18.6. The topological polar surface area (TPSA) is 43.6 Å². The Bertz CT molecular complexity index is 3140. The fourth-order valence-corrected chi connectivity index (χ4v) is 8.16. The molecule has 0 N–H and O–H groups in total. The Morgan fingerprint density at radius 1 is 0.364 bits per heavy atom. The molecule has 0 fully saturated rings. The molecule has 256 valence electrons. The molecule has 3 heterocycles. The van der Waals surface area contributed by atoms with E-state index in [0.29, 0.717) is 5.82 Å². The molecule has 11 rings (SSSR count). The summed E-state index contributed by atoms with van der Waals surface area (Å²) >= 11 is 0. The highest BCUT2D eigenvalue weighted by atomic mass is 15.0. The molecule has 8 aromatic carbocycles. The lowest BCUT2D eigenvalue weighted by Gasteiger charge is -2.15. The summed E-state index contributed by atoms with van der Waals surface area (Å²) in [5.41, 5.74) is 11.5. The van der Waals surface area contributed by atoms with Crippen LogP contribution in [0.15, 0.2) is 194 Å². The zero-order chi connectivity index (χ0) is 36.3. The van der Waals surface area contributed by atoms with Crippen LogP contribution in [0.3, 0.4) is 0 Å². The van der Waals surface area contributed by atoms with Crippen LogP contribution >= 0.6 is 0 Å². The maximum absolute atomic E-state index is 5.34. The molecule has 4 nitrogen and oxygen atoms in total. The van der Waals surface area contributed by atoms with Crippen molar-refractivity contribution >= 4 is 54.3 Å². The molecule has 0 aliphatic heterocycles. The summed E-state index contributed by atoms with van der Waals surface area (Å²) in [4.78, 5) is 15.3. The predicted octanol–water partition coefficient (Wildman–Crippen LogP) is 13.1. The van der Waals surface area contributed by atoms with E-state index in [1.54, 1.807) is 0 Å². The molecule has 4 heteroatoms. The fourth-order valence-electron chi connectivity index (χ4n) is 8.16. The fraction of sp³-hybridized carbons (Fsp3) is 0. The molecule has 0 saturated heterocycles. The quantitative estimate of drug-likeness (QED) is 0.168. The van der Waals surface area contributed by atoms with Gasteiger partial charge < -0.3 is 4.57 Å². The van der Waals surface area contributed by atoms with Gasteiger partial charge in [0, 0.05) is 50.3 Å². The first kappa shape index (κ1) is 31.1. The van der Waals surface area contributed by atoms with Crippen molar-refractivity contribution in [3.8, 4) is 50.7 Å². The third-order valence-electron chi connectivity index (χ3n) is 10.8. The highest BCUT2D eigenvalue weighted by Crippen LogP contribution is 2.39. The zero-order valence-corrected chi connectivity index (χ0v) is 29.8. The number of benzene rings is 8. The van der Waals surface area contributed by atoms with Crippen molar-refractivity contribution in [2.75, 3.05) is 0 Å². The number of nitrogens with zero attached hydrogens (tertiary/aromatic N) is 4. The van der Waals surface area contributed by atoms with Crippen LogP contribution in [0, 0.1) is 0 Å². The molecule has 0 saturated carbocycles. The lowest BCUT2D eigenvalue weighted by atomic mass is 9.94. The van der Waals surface area contributed by atoms with Gasteiger partial charge in [0.25, 0.3) is 0 Å². The summed E-state index contributed by atoms with van der Waals surface area (Å²) in [6.45, 7) is 0. The second-order valence-electron chi connectivity index (χ2n) is 14.1. The first-order valence-electron chi connectivity index (χ1n) is 18.6. The van der Waals surface area contributed by atoms with E-state index in [2.05, 4.69) is 180 Å². The van der Waals surface area contributed by atoms with Gasteiger partial charge in [-0.15, -0.1) is 0 Å². The zero-order valence-electron chi connectivity index (χ0n) is 29.8. The van der Waals surface area contributed by atoms with Gasteiger partial charge in [0.2, 0.25) is 0 Å². The van der Waals surface area contributed by atoms with Gasteiger partial charge >= 0.3 is 0 Å². The number of para-hydroxylation sites is 3. The maximum atomic E-state index is 5.34. The summed E-state index contributed by atoms with van der Waals surface area (Å²) in [5.74, 6) is 0.680. The Morgan fingerprint density at radius 2 is 0.891 bits per heavy atom. The summed E-state index contributed by atoms with van der Waals surface area (Å²) in [7, 11) is 0. The van der Waals surface area contributed by atoms with Crippen molar-refractivity contribution in [1.82, 2.24) is 19.5 Å². The van der Waals surface area contributed by atoms with E-state index in [4.69, 9.17) is 15.0 Å². The van der Waals surface area contributed by atoms with Crippen LogP contribution in [0.1, 0.15) is 0 Å². The molecular weight excluding hydrogens is 669 g/mol. The minimum absolute atomic E-state index is 0.680. The SMILES string of the molecule is c1ccc2ncc(-c3ccc(-c4nc(-c5ccc(-n6c7ccccc7c7ccccc76)cc5)cc(-c5c6ccccc6cc6ccccc56)n4)cc3)cc2c1. The molecule has 0 unspecified atom stereocenters. The van der Waals surface area contributed by atoms with Crippen molar-refractivity contribution in [1.29, 1.82) is 0 Å². The van der Waals surface area contributed by atoms with Gasteiger partial charge in [0.15, 0.2) is 5.82 Å². The molecule has 3 aromatic heterocycles. The van der Waals surface area contributed by atoms with Crippen molar-refractivity contribution < 1.29 is 0 Å². The van der Waals surface area contributed by atoms with Gasteiger partial charge in [-0.25, -0.2) is 9.97 Å². The summed E-state index contributed by atoms with van der Waals surface area (Å²) in [5, 5.41) is 8.31. The summed E-state index contributed by atoms with van der Waals surface area (Å²) in [6.07, 6.45) is 1.95. The van der Waals surface area contributed by atoms with Crippen LogP contribution in [-0.4, -0.2) is 19.5 Å². The van der Waals surface area contributed by atoms with Gasteiger partial charge in [-0.2, -0.15) is 0 Å². The predicted molar refractivity (Wildman–Crippen MR) is 228 cm³/mol. The summed E-state index contributed by atoms with van der Waals surface area (Å²) in [6, 6.07) is 66.6. The van der Waals surface area contributed by atoms with Crippen LogP contribution in [0.2, 0.25) is 0 Å². The van der Waals surface area contributed by atoms with Gasteiger partial charge in [-0.3, -0.25) is 4.98 Å². The minimum atomic E-state index is 0.680. The molecule has 0 spiro atoms. The lowest BCUT2D eigenvalue weighted by molar-refractivity contribution is 1.17. The Kier molecular flexibility index (Phi) is 7.14. The number of hydrogen-bond acceptors (Lipinski definition) is 3. The van der Waals surface area contributed by atoms with E-state index in [1.807, 2.05) is 18.3 Å². The molecule has 0 atom stereocenters. The molecule has 0 amide bonds. The number of rotatable bonds is 5. The Labute approximate surface area is 317 Å². The Hall–Kier alpha value is -7.43. The molecule has 11 aromatic rings. The van der Waals surface area contributed by atoms with Crippen molar-refractivity contribution in [2.45, 2.75) is 0 Å². The number of fused-ring (bicyclic) bond motifs is 6. The van der Waals surface area contributed by atoms with Crippen LogP contribution in [-0.2, 0) is 0 Å². The second kappa shape index (κ2) is 12.6. The van der Waals surface area contributed by atoms with Gasteiger partial charge in [0.1, 0.15) is 0 Å². The Morgan fingerprint density at radius 3 is 1.56 bits per heavy atom.